The molecule has 0 saturated heterocycles. The van der Waals surface area contributed by atoms with Gasteiger partial charge in [0.05, 0.1) is 0 Å². The summed E-state index contributed by atoms with van der Waals surface area (Å²) in [6, 6.07) is 0. The second-order valence-corrected chi connectivity index (χ2v) is 19.7. The minimum Gasteiger partial charge on any atom is -0.462 e. The van der Waals surface area contributed by atoms with Crippen molar-refractivity contribution in [2.75, 3.05) is 13.2 Å². The highest BCUT2D eigenvalue weighted by atomic mass is 16.6. The van der Waals surface area contributed by atoms with Crippen molar-refractivity contribution in [1.29, 1.82) is 0 Å². The van der Waals surface area contributed by atoms with Crippen molar-refractivity contribution >= 4 is 17.9 Å². The van der Waals surface area contributed by atoms with E-state index in [2.05, 4.69) is 27.7 Å². The van der Waals surface area contributed by atoms with E-state index < -0.39 is 6.10 Å². The first kappa shape index (κ1) is 60.4. The van der Waals surface area contributed by atoms with Gasteiger partial charge in [-0.25, -0.2) is 0 Å². The lowest BCUT2D eigenvalue weighted by Crippen LogP contribution is -2.30. The molecule has 0 fully saturated rings. The summed E-state index contributed by atoms with van der Waals surface area (Å²) in [4.78, 5) is 38.1. The normalized spacial score (nSPS) is 12.0. The van der Waals surface area contributed by atoms with E-state index in [0.29, 0.717) is 19.3 Å². The van der Waals surface area contributed by atoms with Crippen LogP contribution in [0.15, 0.2) is 0 Å². The smallest absolute Gasteiger partial charge is 0.306 e. The van der Waals surface area contributed by atoms with Crippen LogP contribution in [0, 0.1) is 5.92 Å². The third-order valence-corrected chi connectivity index (χ3v) is 12.8. The quantitative estimate of drug-likeness (QED) is 0.0344. The van der Waals surface area contributed by atoms with Gasteiger partial charge in [0.25, 0.3) is 0 Å². The summed E-state index contributed by atoms with van der Waals surface area (Å²) >= 11 is 0. The summed E-state index contributed by atoms with van der Waals surface area (Å²) in [7, 11) is 0. The summed E-state index contributed by atoms with van der Waals surface area (Å²) in [6.45, 7) is 9.04. The molecule has 0 bridgehead atoms. The monoisotopic (exact) mass is 877 g/mol. The Bertz CT molecular complexity index is 933. The lowest BCUT2D eigenvalue weighted by molar-refractivity contribution is -0.167. The molecule has 0 amide bonds. The molecule has 0 rings (SSSR count). The van der Waals surface area contributed by atoms with Crippen LogP contribution in [0.1, 0.15) is 317 Å². The summed E-state index contributed by atoms with van der Waals surface area (Å²) in [5.74, 6) is -0.0134. The second-order valence-electron chi connectivity index (χ2n) is 19.7. The van der Waals surface area contributed by atoms with E-state index in [9.17, 15) is 14.4 Å². The molecule has 0 radical (unpaired) electrons. The fraction of sp³-hybridized carbons (Fsp3) is 0.946. The van der Waals surface area contributed by atoms with Crippen LogP contribution < -0.4 is 0 Å². The molecule has 0 spiro atoms. The molecule has 62 heavy (non-hydrogen) atoms. The third-order valence-electron chi connectivity index (χ3n) is 12.8. The Morgan fingerprint density at radius 2 is 0.532 bits per heavy atom. The lowest BCUT2D eigenvalue weighted by atomic mass is 10.0. The van der Waals surface area contributed by atoms with E-state index >= 15 is 0 Å². The fourth-order valence-electron chi connectivity index (χ4n) is 8.57. The predicted octanol–water partition coefficient (Wildman–Crippen LogP) is 18.2. The van der Waals surface area contributed by atoms with Crippen LogP contribution in [0.2, 0.25) is 0 Å². The first-order valence-electron chi connectivity index (χ1n) is 27.9. The van der Waals surface area contributed by atoms with Crippen LogP contribution >= 0.6 is 0 Å². The van der Waals surface area contributed by atoms with Crippen molar-refractivity contribution in [3.05, 3.63) is 0 Å². The van der Waals surface area contributed by atoms with Gasteiger partial charge in [0.2, 0.25) is 0 Å². The van der Waals surface area contributed by atoms with Gasteiger partial charge in [0, 0.05) is 19.3 Å². The van der Waals surface area contributed by atoms with Crippen molar-refractivity contribution in [1.82, 2.24) is 0 Å². The Labute approximate surface area is 387 Å². The maximum absolute atomic E-state index is 12.8. The van der Waals surface area contributed by atoms with Crippen LogP contribution in [0.25, 0.3) is 0 Å². The largest absolute Gasteiger partial charge is 0.462 e. The molecule has 0 aliphatic rings. The highest BCUT2D eigenvalue weighted by Gasteiger charge is 2.19. The SMILES string of the molecule is CCCCCCCCCCCCCCCCCCC(=O)OC[C@@H](COC(=O)CCCCCCCCCCCCCCCC)OC(=O)CCCCCCCCCCCCCC(C)C. The van der Waals surface area contributed by atoms with Gasteiger partial charge < -0.3 is 14.2 Å². The van der Waals surface area contributed by atoms with Crippen molar-refractivity contribution in [3.8, 4) is 0 Å². The van der Waals surface area contributed by atoms with Crippen LogP contribution in [0.5, 0.6) is 0 Å². The molecule has 0 aliphatic carbocycles. The average Bonchev–Trinajstić information content (AvgIpc) is 3.26. The van der Waals surface area contributed by atoms with E-state index in [4.69, 9.17) is 14.2 Å². The summed E-state index contributed by atoms with van der Waals surface area (Å²) < 4.78 is 16.9. The van der Waals surface area contributed by atoms with E-state index in [-0.39, 0.29) is 31.1 Å². The molecular weight excluding hydrogens is 769 g/mol. The topological polar surface area (TPSA) is 78.9 Å². The van der Waals surface area contributed by atoms with Crippen LogP contribution in [-0.2, 0) is 28.6 Å². The van der Waals surface area contributed by atoms with Crippen molar-refractivity contribution < 1.29 is 28.6 Å². The van der Waals surface area contributed by atoms with Gasteiger partial charge in [-0.3, -0.25) is 14.4 Å². The summed E-state index contributed by atoms with van der Waals surface area (Å²) in [6.07, 6.45) is 53.7. The number of ether oxygens (including phenoxy) is 3. The molecule has 6 nitrogen and oxygen atoms in total. The van der Waals surface area contributed by atoms with Crippen molar-refractivity contribution in [3.63, 3.8) is 0 Å². The van der Waals surface area contributed by atoms with Gasteiger partial charge in [-0.1, -0.05) is 278 Å². The number of carbonyl (C=O) groups excluding carboxylic acids is 3. The molecule has 0 N–H and O–H groups in total. The van der Waals surface area contributed by atoms with Crippen LogP contribution in [0.4, 0.5) is 0 Å². The van der Waals surface area contributed by atoms with Gasteiger partial charge in [0.15, 0.2) is 6.10 Å². The Morgan fingerprint density at radius 3 is 0.790 bits per heavy atom. The zero-order chi connectivity index (χ0) is 45.2. The first-order chi connectivity index (χ1) is 30.4. The minimum absolute atomic E-state index is 0.0622. The molecule has 6 heteroatoms. The summed E-state index contributed by atoms with van der Waals surface area (Å²) in [5.41, 5.74) is 0. The number of esters is 3. The maximum Gasteiger partial charge on any atom is 0.306 e. The fourth-order valence-corrected chi connectivity index (χ4v) is 8.57. The van der Waals surface area contributed by atoms with E-state index in [1.165, 1.54) is 212 Å². The molecule has 0 saturated carbocycles. The molecule has 0 heterocycles. The average molecular weight is 877 g/mol. The Kier molecular flexibility index (Phi) is 49.1. The van der Waals surface area contributed by atoms with E-state index in [1.807, 2.05) is 0 Å². The summed E-state index contributed by atoms with van der Waals surface area (Å²) in [5, 5.41) is 0. The number of carbonyl (C=O) groups is 3. The lowest BCUT2D eigenvalue weighted by Gasteiger charge is -2.18. The molecule has 0 unspecified atom stereocenters. The molecular formula is C56H108O6. The first-order valence-corrected chi connectivity index (χ1v) is 27.9. The molecule has 368 valence electrons. The van der Waals surface area contributed by atoms with Gasteiger partial charge in [-0.15, -0.1) is 0 Å². The van der Waals surface area contributed by atoms with E-state index in [1.54, 1.807) is 0 Å². The highest BCUT2D eigenvalue weighted by molar-refractivity contribution is 5.71. The molecule has 1 atom stereocenters. The van der Waals surface area contributed by atoms with Gasteiger partial charge in [0.1, 0.15) is 13.2 Å². The number of unbranched alkanes of at least 4 members (excludes halogenated alkanes) is 38. The van der Waals surface area contributed by atoms with Gasteiger partial charge in [-0.05, 0) is 25.2 Å². The predicted molar refractivity (Wildman–Crippen MR) is 266 cm³/mol. The maximum atomic E-state index is 12.8. The van der Waals surface area contributed by atoms with Crippen LogP contribution in [-0.4, -0.2) is 37.2 Å². The molecule has 0 aromatic heterocycles. The molecule has 0 aliphatic heterocycles. The van der Waals surface area contributed by atoms with Crippen molar-refractivity contribution in [2.45, 2.75) is 323 Å². The number of hydrogen-bond donors (Lipinski definition) is 0. The van der Waals surface area contributed by atoms with Gasteiger partial charge >= 0.3 is 17.9 Å². The number of hydrogen-bond acceptors (Lipinski definition) is 6. The van der Waals surface area contributed by atoms with Crippen molar-refractivity contribution in [2.24, 2.45) is 5.92 Å². The molecule has 0 aromatic carbocycles. The molecule has 0 aromatic rings. The Morgan fingerprint density at radius 1 is 0.306 bits per heavy atom. The van der Waals surface area contributed by atoms with Crippen LogP contribution in [0.3, 0.4) is 0 Å². The van der Waals surface area contributed by atoms with Gasteiger partial charge in [-0.2, -0.15) is 0 Å². The Balaban J connectivity index is 4.30. The zero-order valence-electron chi connectivity index (χ0n) is 42.3. The Hall–Kier alpha value is -1.59. The second kappa shape index (κ2) is 50.4. The third kappa shape index (κ3) is 49.4. The van der Waals surface area contributed by atoms with E-state index in [0.717, 1.165) is 63.7 Å². The zero-order valence-corrected chi connectivity index (χ0v) is 42.3. The highest BCUT2D eigenvalue weighted by Crippen LogP contribution is 2.18. The minimum atomic E-state index is -0.761. The number of rotatable bonds is 51. The standard InChI is InChI=1S/C56H108O6/c1-5-7-9-11-13-15-17-19-21-22-24-28-32-36-40-44-48-55(58)61-51-53(62-56(59)49-45-41-37-33-29-25-26-30-34-38-42-46-52(3)4)50-60-54(57)47-43-39-35-31-27-23-20-18-16-14-12-10-8-6-2/h52-53H,5-51H2,1-4H3/t53-/m1/s1.